The summed E-state index contributed by atoms with van der Waals surface area (Å²) in [4.78, 5) is 20.7. The molecule has 0 atom stereocenters. The van der Waals surface area contributed by atoms with E-state index in [2.05, 4.69) is 48.7 Å². The summed E-state index contributed by atoms with van der Waals surface area (Å²) in [5, 5.41) is 5.97. The van der Waals surface area contributed by atoms with Crippen LogP contribution in [0.1, 0.15) is 16.1 Å². The van der Waals surface area contributed by atoms with Gasteiger partial charge in [-0.1, -0.05) is 46.3 Å². The Morgan fingerprint density at radius 1 is 1.00 bits per heavy atom. The van der Waals surface area contributed by atoms with Crippen LogP contribution in [0.5, 0.6) is 0 Å². The molecule has 126 valence electrons. The second kappa shape index (κ2) is 8.39. The highest BCUT2D eigenvalue weighted by Crippen LogP contribution is 2.15. The third-order valence-electron chi connectivity index (χ3n) is 3.53. The van der Waals surface area contributed by atoms with Gasteiger partial charge in [0, 0.05) is 22.9 Å². The van der Waals surface area contributed by atoms with Crippen LogP contribution in [0.3, 0.4) is 0 Å². The van der Waals surface area contributed by atoms with E-state index in [1.165, 1.54) is 5.56 Å². The number of rotatable bonds is 6. The molecule has 0 radical (unpaired) electrons. The van der Waals surface area contributed by atoms with Crippen molar-refractivity contribution in [2.24, 2.45) is 0 Å². The van der Waals surface area contributed by atoms with E-state index in [4.69, 9.17) is 0 Å². The van der Waals surface area contributed by atoms with Gasteiger partial charge in [0.15, 0.2) is 0 Å². The molecule has 2 N–H and O–H groups in total. The maximum atomic E-state index is 12.3. The van der Waals surface area contributed by atoms with Crippen LogP contribution in [0.15, 0.2) is 71.3 Å². The minimum atomic E-state index is -0.268. The van der Waals surface area contributed by atoms with Crippen molar-refractivity contribution in [2.75, 3.05) is 17.2 Å². The minimum Gasteiger partial charge on any atom is -0.354 e. The van der Waals surface area contributed by atoms with E-state index in [0.29, 0.717) is 23.9 Å². The van der Waals surface area contributed by atoms with Crippen LogP contribution in [0, 0.1) is 0 Å². The first-order chi connectivity index (χ1) is 12.2. The second-order valence-corrected chi connectivity index (χ2v) is 6.30. The van der Waals surface area contributed by atoms with Crippen molar-refractivity contribution >= 4 is 33.5 Å². The van der Waals surface area contributed by atoms with E-state index < -0.39 is 0 Å². The zero-order chi connectivity index (χ0) is 17.5. The molecule has 0 unspecified atom stereocenters. The number of benzene rings is 2. The third-order valence-corrected chi connectivity index (χ3v) is 4.06. The summed E-state index contributed by atoms with van der Waals surface area (Å²) in [6, 6.07) is 19.1. The van der Waals surface area contributed by atoms with Crippen LogP contribution in [0.4, 0.5) is 11.6 Å². The first-order valence-electron chi connectivity index (χ1n) is 7.88. The molecule has 0 fully saturated rings. The predicted octanol–water partition coefficient (Wildman–Crippen LogP) is 4.15. The van der Waals surface area contributed by atoms with Gasteiger partial charge in [-0.2, -0.15) is 0 Å². The number of carbonyl (C=O) groups excluding carboxylic acids is 1. The number of hydrogen-bond acceptors (Lipinski definition) is 4. The van der Waals surface area contributed by atoms with Crippen LogP contribution >= 0.6 is 15.9 Å². The Morgan fingerprint density at radius 2 is 1.76 bits per heavy atom. The summed E-state index contributed by atoms with van der Waals surface area (Å²) in [7, 11) is 0. The smallest absolute Gasteiger partial charge is 0.274 e. The number of amides is 1. The van der Waals surface area contributed by atoms with Gasteiger partial charge >= 0.3 is 0 Å². The quantitative estimate of drug-likeness (QED) is 0.656. The number of hydrogen-bond donors (Lipinski definition) is 2. The largest absolute Gasteiger partial charge is 0.354 e. The van der Waals surface area contributed by atoms with Crippen molar-refractivity contribution in [3.05, 3.63) is 82.6 Å². The number of nitrogens with zero attached hydrogens (tertiary/aromatic N) is 2. The molecule has 25 heavy (non-hydrogen) atoms. The normalized spacial score (nSPS) is 10.3. The zero-order valence-corrected chi connectivity index (χ0v) is 15.0. The van der Waals surface area contributed by atoms with Gasteiger partial charge in [0.25, 0.3) is 5.91 Å². The first kappa shape index (κ1) is 17.1. The van der Waals surface area contributed by atoms with E-state index in [-0.39, 0.29) is 5.91 Å². The van der Waals surface area contributed by atoms with E-state index in [0.717, 1.165) is 10.9 Å². The molecule has 5 nitrogen and oxygen atoms in total. The van der Waals surface area contributed by atoms with Gasteiger partial charge in [0.1, 0.15) is 5.69 Å². The molecular formula is C19H17BrN4O. The zero-order valence-electron chi connectivity index (χ0n) is 13.4. The summed E-state index contributed by atoms with van der Waals surface area (Å²) in [6.07, 6.45) is 2.44. The van der Waals surface area contributed by atoms with Crippen molar-refractivity contribution in [3.8, 4) is 0 Å². The maximum Gasteiger partial charge on any atom is 0.274 e. The molecule has 1 heterocycles. The Hall–Kier alpha value is -2.73. The molecule has 0 saturated carbocycles. The molecule has 3 aromatic rings. The molecule has 0 bridgehead atoms. The fraction of sp³-hybridized carbons (Fsp3) is 0.105. The molecule has 1 aromatic heterocycles. The van der Waals surface area contributed by atoms with Crippen LogP contribution in [-0.2, 0) is 6.42 Å². The predicted molar refractivity (Wildman–Crippen MR) is 103 cm³/mol. The Labute approximate surface area is 154 Å². The molecule has 0 aliphatic heterocycles. The average Bonchev–Trinajstić information content (AvgIpc) is 2.65. The third kappa shape index (κ3) is 5.12. The monoisotopic (exact) mass is 396 g/mol. The molecule has 6 heteroatoms. The lowest BCUT2D eigenvalue weighted by Crippen LogP contribution is -2.16. The summed E-state index contributed by atoms with van der Waals surface area (Å²) >= 11 is 3.37. The summed E-state index contributed by atoms with van der Waals surface area (Å²) < 4.78 is 0.956. The Morgan fingerprint density at radius 3 is 2.52 bits per heavy atom. The van der Waals surface area contributed by atoms with E-state index in [1.54, 1.807) is 12.3 Å². The summed E-state index contributed by atoms with van der Waals surface area (Å²) in [5.74, 6) is 0.176. The SMILES string of the molecule is O=C(Nc1ccc(Br)cc1)c1ccnc(NCCc2ccccc2)n1. The standard InChI is InChI=1S/C19H17BrN4O/c20-15-6-8-16(9-7-15)23-18(25)17-11-13-22-19(24-17)21-12-10-14-4-2-1-3-5-14/h1-9,11,13H,10,12H2,(H,23,25)(H,21,22,24). The topological polar surface area (TPSA) is 66.9 Å². The Bertz CT molecular complexity index is 838. The van der Waals surface area contributed by atoms with Gasteiger partial charge in [-0.3, -0.25) is 4.79 Å². The number of carbonyl (C=O) groups is 1. The number of halogens is 1. The minimum absolute atomic E-state index is 0.268. The van der Waals surface area contributed by atoms with Crippen molar-refractivity contribution < 1.29 is 4.79 Å². The van der Waals surface area contributed by atoms with Gasteiger partial charge in [0.2, 0.25) is 5.95 Å². The summed E-state index contributed by atoms with van der Waals surface area (Å²) in [6.45, 7) is 0.696. The van der Waals surface area contributed by atoms with Crippen LogP contribution in [0.2, 0.25) is 0 Å². The molecule has 3 rings (SSSR count). The van der Waals surface area contributed by atoms with Gasteiger partial charge in [0.05, 0.1) is 0 Å². The molecule has 2 aromatic carbocycles. The number of anilines is 2. The van der Waals surface area contributed by atoms with Gasteiger partial charge in [-0.05, 0) is 42.3 Å². The second-order valence-electron chi connectivity index (χ2n) is 5.39. The number of aromatic nitrogens is 2. The van der Waals surface area contributed by atoms with Crippen molar-refractivity contribution in [3.63, 3.8) is 0 Å². The van der Waals surface area contributed by atoms with Crippen molar-refractivity contribution in [2.45, 2.75) is 6.42 Å². The lowest BCUT2D eigenvalue weighted by molar-refractivity contribution is 0.102. The Kier molecular flexibility index (Phi) is 5.74. The number of nitrogens with one attached hydrogen (secondary N) is 2. The highest BCUT2D eigenvalue weighted by Gasteiger charge is 2.09. The molecule has 1 amide bonds. The van der Waals surface area contributed by atoms with Crippen LogP contribution in [-0.4, -0.2) is 22.4 Å². The van der Waals surface area contributed by atoms with Crippen molar-refractivity contribution in [1.29, 1.82) is 0 Å². The van der Waals surface area contributed by atoms with Gasteiger partial charge in [-0.15, -0.1) is 0 Å². The first-order valence-corrected chi connectivity index (χ1v) is 8.68. The van der Waals surface area contributed by atoms with E-state index in [9.17, 15) is 4.79 Å². The lowest BCUT2D eigenvalue weighted by Gasteiger charge is -2.07. The molecular weight excluding hydrogens is 380 g/mol. The van der Waals surface area contributed by atoms with E-state index in [1.807, 2.05) is 42.5 Å². The lowest BCUT2D eigenvalue weighted by atomic mass is 10.1. The van der Waals surface area contributed by atoms with Crippen LogP contribution < -0.4 is 10.6 Å². The van der Waals surface area contributed by atoms with Gasteiger partial charge in [-0.25, -0.2) is 9.97 Å². The average molecular weight is 397 g/mol. The van der Waals surface area contributed by atoms with E-state index >= 15 is 0 Å². The molecule has 0 aliphatic rings. The molecule has 0 aliphatic carbocycles. The van der Waals surface area contributed by atoms with Crippen LogP contribution in [0.25, 0.3) is 0 Å². The fourth-order valence-corrected chi connectivity index (χ4v) is 2.53. The fourth-order valence-electron chi connectivity index (χ4n) is 2.26. The van der Waals surface area contributed by atoms with Crippen molar-refractivity contribution in [1.82, 2.24) is 9.97 Å². The highest BCUT2D eigenvalue weighted by molar-refractivity contribution is 9.10. The molecule has 0 spiro atoms. The van der Waals surface area contributed by atoms with Gasteiger partial charge < -0.3 is 10.6 Å². The Balaban J connectivity index is 1.58. The maximum absolute atomic E-state index is 12.3. The molecule has 0 saturated heterocycles. The highest BCUT2D eigenvalue weighted by atomic mass is 79.9. The summed E-state index contributed by atoms with van der Waals surface area (Å²) in [5.41, 5.74) is 2.27.